The highest BCUT2D eigenvalue weighted by Gasteiger charge is 2.44. The third-order valence-corrected chi connectivity index (χ3v) is 5.56. The van der Waals surface area contributed by atoms with Crippen molar-refractivity contribution in [1.82, 2.24) is 9.80 Å². The van der Waals surface area contributed by atoms with Crippen molar-refractivity contribution >= 4 is 34.1 Å². The second-order valence-corrected chi connectivity index (χ2v) is 9.00. The second-order valence-electron chi connectivity index (χ2n) is 8.15. The average molecular weight is 469 g/mol. The van der Waals surface area contributed by atoms with Gasteiger partial charge in [-0.25, -0.2) is 14.4 Å². The number of carbonyl (C=O) groups excluding carboxylic acids is 3. The van der Waals surface area contributed by atoms with Gasteiger partial charge in [-0.05, 0) is 38.0 Å². The van der Waals surface area contributed by atoms with E-state index in [1.165, 1.54) is 12.0 Å². The van der Waals surface area contributed by atoms with Crippen LogP contribution >= 0.6 is 15.9 Å². The summed E-state index contributed by atoms with van der Waals surface area (Å²) < 4.78 is 16.8. The third-order valence-electron chi connectivity index (χ3n) is 4.82. The molecule has 29 heavy (non-hydrogen) atoms. The molecule has 1 aromatic carbocycles. The summed E-state index contributed by atoms with van der Waals surface area (Å²) in [5, 5.41) is 0. The van der Waals surface area contributed by atoms with Gasteiger partial charge in [0.2, 0.25) is 0 Å². The van der Waals surface area contributed by atoms with Gasteiger partial charge in [0.1, 0.15) is 17.7 Å². The van der Waals surface area contributed by atoms with Gasteiger partial charge in [0.15, 0.2) is 0 Å². The molecule has 0 bridgehead atoms. The number of esters is 1. The standard InChI is InChI=1S/C20H25BrN2O6/c1-20(2,3)29-19(26)23-10-13(8-16(23)17(24)27-4)28-18(25)22-9-12-6-5-7-15(21)14(12)11-22/h5-7,13,16H,8-11H2,1-4H3/t13-,16+/m1/s1. The minimum Gasteiger partial charge on any atom is -0.467 e. The van der Waals surface area contributed by atoms with E-state index in [1.807, 2.05) is 18.2 Å². The van der Waals surface area contributed by atoms with Crippen molar-refractivity contribution in [1.29, 1.82) is 0 Å². The van der Waals surface area contributed by atoms with E-state index < -0.39 is 35.9 Å². The zero-order valence-corrected chi connectivity index (χ0v) is 18.5. The van der Waals surface area contributed by atoms with Gasteiger partial charge in [-0.15, -0.1) is 0 Å². The van der Waals surface area contributed by atoms with Gasteiger partial charge in [-0.3, -0.25) is 9.80 Å². The van der Waals surface area contributed by atoms with Crippen molar-refractivity contribution in [2.45, 2.75) is 58.0 Å². The first-order chi connectivity index (χ1) is 13.6. The molecule has 1 aromatic rings. The number of fused-ring (bicyclic) bond motifs is 1. The summed E-state index contributed by atoms with van der Waals surface area (Å²) in [5.41, 5.74) is 1.41. The smallest absolute Gasteiger partial charge is 0.411 e. The van der Waals surface area contributed by atoms with Gasteiger partial charge in [0.05, 0.1) is 20.2 Å². The van der Waals surface area contributed by atoms with Crippen molar-refractivity contribution in [3.8, 4) is 0 Å². The molecule has 0 unspecified atom stereocenters. The SMILES string of the molecule is COC(=O)[C@@H]1C[C@@H](OC(=O)N2Cc3cccc(Br)c3C2)CN1C(=O)OC(C)(C)C. The molecular formula is C20H25BrN2O6. The quantitative estimate of drug-likeness (QED) is 0.487. The molecule has 158 valence electrons. The van der Waals surface area contributed by atoms with Crippen LogP contribution in [0.15, 0.2) is 22.7 Å². The van der Waals surface area contributed by atoms with Crippen molar-refractivity contribution in [2.75, 3.05) is 13.7 Å². The number of rotatable bonds is 2. The molecule has 0 spiro atoms. The zero-order valence-electron chi connectivity index (χ0n) is 16.9. The van der Waals surface area contributed by atoms with Crippen LogP contribution in [0.3, 0.4) is 0 Å². The Balaban J connectivity index is 1.65. The van der Waals surface area contributed by atoms with Crippen molar-refractivity contribution in [3.05, 3.63) is 33.8 Å². The van der Waals surface area contributed by atoms with E-state index in [0.29, 0.717) is 13.1 Å². The topological polar surface area (TPSA) is 85.4 Å². The Morgan fingerprint density at radius 3 is 2.48 bits per heavy atom. The van der Waals surface area contributed by atoms with Crippen molar-refractivity contribution in [2.24, 2.45) is 0 Å². The number of likely N-dealkylation sites (tertiary alicyclic amines) is 1. The summed E-state index contributed by atoms with van der Waals surface area (Å²) >= 11 is 3.50. The van der Waals surface area contributed by atoms with Crippen LogP contribution in [0.25, 0.3) is 0 Å². The summed E-state index contributed by atoms with van der Waals surface area (Å²) in [4.78, 5) is 40.2. The number of carbonyl (C=O) groups is 3. The lowest BCUT2D eigenvalue weighted by atomic mass is 10.1. The van der Waals surface area contributed by atoms with Crippen LogP contribution in [-0.2, 0) is 32.1 Å². The van der Waals surface area contributed by atoms with Crippen LogP contribution in [0.4, 0.5) is 9.59 Å². The van der Waals surface area contributed by atoms with Gasteiger partial charge in [0.25, 0.3) is 0 Å². The average Bonchev–Trinajstić information content (AvgIpc) is 3.25. The Morgan fingerprint density at radius 1 is 1.14 bits per heavy atom. The van der Waals surface area contributed by atoms with E-state index >= 15 is 0 Å². The maximum absolute atomic E-state index is 12.7. The Morgan fingerprint density at radius 2 is 1.86 bits per heavy atom. The summed E-state index contributed by atoms with van der Waals surface area (Å²) in [6.07, 6.45) is -1.56. The summed E-state index contributed by atoms with van der Waals surface area (Å²) in [6, 6.07) is 4.98. The molecule has 9 heteroatoms. The molecule has 2 amide bonds. The van der Waals surface area contributed by atoms with Crippen LogP contribution in [0, 0.1) is 0 Å². The predicted octanol–water partition coefficient (Wildman–Crippen LogP) is 3.45. The highest BCUT2D eigenvalue weighted by molar-refractivity contribution is 9.10. The van der Waals surface area contributed by atoms with Crippen molar-refractivity contribution < 1.29 is 28.6 Å². The molecule has 2 aliphatic heterocycles. The lowest BCUT2D eigenvalue weighted by Crippen LogP contribution is -2.44. The van der Waals surface area contributed by atoms with Gasteiger partial charge in [-0.2, -0.15) is 0 Å². The van der Waals surface area contributed by atoms with Crippen LogP contribution in [0.2, 0.25) is 0 Å². The molecular weight excluding hydrogens is 444 g/mol. The third kappa shape index (κ3) is 4.83. The largest absolute Gasteiger partial charge is 0.467 e. The van der Waals surface area contributed by atoms with E-state index in [0.717, 1.165) is 15.6 Å². The normalized spacial score (nSPS) is 21.0. The molecule has 2 aliphatic rings. The van der Waals surface area contributed by atoms with Gasteiger partial charge in [-0.1, -0.05) is 28.1 Å². The lowest BCUT2D eigenvalue weighted by molar-refractivity contribution is -0.145. The number of ether oxygens (including phenoxy) is 3. The molecule has 2 heterocycles. The van der Waals surface area contributed by atoms with E-state index in [1.54, 1.807) is 25.7 Å². The molecule has 0 aliphatic carbocycles. The number of hydrogen-bond donors (Lipinski definition) is 0. The van der Waals surface area contributed by atoms with Crippen LogP contribution < -0.4 is 0 Å². The van der Waals surface area contributed by atoms with Crippen molar-refractivity contribution in [3.63, 3.8) is 0 Å². The molecule has 8 nitrogen and oxygen atoms in total. The molecule has 0 saturated carbocycles. The first kappa shape index (κ1) is 21.4. The Labute approximate surface area is 178 Å². The van der Waals surface area contributed by atoms with E-state index in [9.17, 15) is 14.4 Å². The first-order valence-electron chi connectivity index (χ1n) is 9.38. The zero-order chi connectivity index (χ0) is 21.3. The fourth-order valence-electron chi connectivity index (χ4n) is 3.49. The predicted molar refractivity (Wildman–Crippen MR) is 107 cm³/mol. The number of amides is 2. The maximum atomic E-state index is 12.7. The number of hydrogen-bond acceptors (Lipinski definition) is 6. The molecule has 0 N–H and O–H groups in total. The Kier molecular flexibility index (Phi) is 6.07. The molecule has 1 saturated heterocycles. The minimum absolute atomic E-state index is 0.0743. The van der Waals surface area contributed by atoms with E-state index in [-0.39, 0.29) is 13.0 Å². The highest BCUT2D eigenvalue weighted by atomic mass is 79.9. The second kappa shape index (κ2) is 8.22. The van der Waals surface area contributed by atoms with Crippen LogP contribution in [0.1, 0.15) is 38.3 Å². The monoisotopic (exact) mass is 468 g/mol. The van der Waals surface area contributed by atoms with Gasteiger partial charge in [0, 0.05) is 17.4 Å². The summed E-state index contributed by atoms with van der Waals surface area (Å²) in [5.74, 6) is -0.563. The van der Waals surface area contributed by atoms with E-state index in [2.05, 4.69) is 15.9 Å². The number of halogens is 1. The molecule has 1 fully saturated rings. The number of methoxy groups -OCH3 is 1. The fourth-order valence-corrected chi connectivity index (χ4v) is 4.02. The minimum atomic E-state index is -0.849. The van der Waals surface area contributed by atoms with Gasteiger partial charge < -0.3 is 14.2 Å². The molecule has 2 atom stereocenters. The van der Waals surface area contributed by atoms with Crippen LogP contribution in [-0.4, -0.2) is 59.4 Å². The number of nitrogens with zero attached hydrogens (tertiary/aromatic N) is 2. The molecule has 0 aromatic heterocycles. The summed E-state index contributed by atoms with van der Waals surface area (Å²) in [7, 11) is 1.26. The Bertz CT molecular complexity index is 822. The molecule has 3 rings (SSSR count). The number of benzene rings is 1. The maximum Gasteiger partial charge on any atom is 0.411 e. The highest BCUT2D eigenvalue weighted by Crippen LogP contribution is 2.31. The molecule has 0 radical (unpaired) electrons. The summed E-state index contributed by atoms with van der Waals surface area (Å²) in [6.45, 7) is 6.21. The Hall–Kier alpha value is -2.29. The first-order valence-corrected chi connectivity index (χ1v) is 10.2. The van der Waals surface area contributed by atoms with Gasteiger partial charge >= 0.3 is 18.2 Å². The van der Waals surface area contributed by atoms with E-state index in [4.69, 9.17) is 14.2 Å². The van der Waals surface area contributed by atoms with Crippen LogP contribution in [0.5, 0.6) is 0 Å². The fraction of sp³-hybridized carbons (Fsp3) is 0.550. The lowest BCUT2D eigenvalue weighted by Gasteiger charge is -2.27.